The second kappa shape index (κ2) is 6.08. The van der Waals surface area contributed by atoms with Gasteiger partial charge in [-0.2, -0.15) is 0 Å². The Bertz CT molecular complexity index is 778. The van der Waals surface area contributed by atoms with Gasteiger partial charge < -0.3 is 4.57 Å². The van der Waals surface area contributed by atoms with Gasteiger partial charge in [0, 0.05) is 6.54 Å². The van der Waals surface area contributed by atoms with Gasteiger partial charge in [-0.1, -0.05) is 47.5 Å². The van der Waals surface area contributed by atoms with Crippen LogP contribution in [-0.2, 0) is 18.8 Å². The fourth-order valence-corrected chi connectivity index (χ4v) is 3.12. The average molecular weight is 319 g/mol. The van der Waals surface area contributed by atoms with E-state index in [1.165, 1.54) is 11.1 Å². The van der Waals surface area contributed by atoms with E-state index in [4.69, 9.17) is 23.2 Å². The van der Waals surface area contributed by atoms with Crippen LogP contribution in [0.25, 0.3) is 11.0 Å². The number of hydrogen-bond donors (Lipinski definition) is 0. The number of rotatable bonds is 4. The molecule has 0 saturated heterocycles. The number of benzene rings is 2. The van der Waals surface area contributed by atoms with E-state index in [0.717, 1.165) is 34.8 Å². The molecule has 1 heterocycles. The molecule has 2 nitrogen and oxygen atoms in total. The van der Waals surface area contributed by atoms with Crippen molar-refractivity contribution in [2.45, 2.75) is 25.8 Å². The van der Waals surface area contributed by atoms with Crippen LogP contribution in [0.15, 0.2) is 42.5 Å². The van der Waals surface area contributed by atoms with Crippen LogP contribution >= 0.6 is 23.2 Å². The molecular weight excluding hydrogens is 303 g/mol. The van der Waals surface area contributed by atoms with Gasteiger partial charge in [-0.25, -0.2) is 4.98 Å². The van der Waals surface area contributed by atoms with Crippen molar-refractivity contribution in [1.82, 2.24) is 9.55 Å². The number of halogens is 2. The van der Waals surface area contributed by atoms with Gasteiger partial charge in [-0.3, -0.25) is 0 Å². The first-order valence-corrected chi connectivity index (χ1v) is 7.85. The highest BCUT2D eigenvalue weighted by Crippen LogP contribution is 2.25. The maximum Gasteiger partial charge on any atom is 0.124 e. The van der Waals surface area contributed by atoms with Crippen LogP contribution < -0.4 is 0 Å². The van der Waals surface area contributed by atoms with Crippen molar-refractivity contribution in [3.63, 3.8) is 0 Å². The largest absolute Gasteiger partial charge is 0.325 e. The van der Waals surface area contributed by atoms with Crippen LogP contribution in [0, 0.1) is 6.92 Å². The molecule has 0 amide bonds. The van der Waals surface area contributed by atoms with Gasteiger partial charge in [-0.05, 0) is 31.0 Å². The molecule has 2 aromatic carbocycles. The fraction of sp³-hybridized carbons (Fsp3) is 0.235. The molecule has 0 spiro atoms. The van der Waals surface area contributed by atoms with Crippen molar-refractivity contribution in [1.29, 1.82) is 0 Å². The van der Waals surface area contributed by atoms with Crippen molar-refractivity contribution in [3.8, 4) is 0 Å². The standard InChI is InChI=1S/C17H16Cl2N2/c1-12-4-2-5-13(10-12)8-9-21-16(11-18)20-15-7-3-6-14(19)17(15)21/h2-7,10H,8-9,11H2,1H3. The van der Waals surface area contributed by atoms with E-state index in [9.17, 15) is 0 Å². The summed E-state index contributed by atoms with van der Waals surface area (Å²) in [7, 11) is 0. The van der Waals surface area contributed by atoms with Gasteiger partial charge in [0.25, 0.3) is 0 Å². The summed E-state index contributed by atoms with van der Waals surface area (Å²) < 4.78 is 2.13. The predicted molar refractivity (Wildman–Crippen MR) is 89.2 cm³/mol. The third kappa shape index (κ3) is 2.92. The highest BCUT2D eigenvalue weighted by Gasteiger charge is 2.12. The molecule has 21 heavy (non-hydrogen) atoms. The van der Waals surface area contributed by atoms with E-state index in [-0.39, 0.29) is 0 Å². The minimum Gasteiger partial charge on any atom is -0.325 e. The number of aryl methyl sites for hydroxylation is 3. The number of para-hydroxylation sites is 1. The lowest BCUT2D eigenvalue weighted by Crippen LogP contribution is -2.05. The Morgan fingerprint density at radius 3 is 2.71 bits per heavy atom. The van der Waals surface area contributed by atoms with Gasteiger partial charge in [-0.15, -0.1) is 11.6 Å². The van der Waals surface area contributed by atoms with Crippen molar-refractivity contribution in [2.24, 2.45) is 0 Å². The molecule has 0 saturated carbocycles. The quantitative estimate of drug-likeness (QED) is 0.620. The summed E-state index contributed by atoms with van der Waals surface area (Å²) in [5.41, 5.74) is 4.47. The number of alkyl halides is 1. The molecule has 4 heteroatoms. The van der Waals surface area contributed by atoms with E-state index in [0.29, 0.717) is 5.88 Å². The summed E-state index contributed by atoms with van der Waals surface area (Å²) in [6.45, 7) is 2.93. The molecule has 0 aliphatic rings. The monoisotopic (exact) mass is 318 g/mol. The fourth-order valence-electron chi connectivity index (χ4n) is 2.64. The molecule has 3 aromatic rings. The molecule has 0 aliphatic heterocycles. The minimum atomic E-state index is 0.388. The smallest absolute Gasteiger partial charge is 0.124 e. The minimum absolute atomic E-state index is 0.388. The summed E-state index contributed by atoms with van der Waals surface area (Å²) in [5, 5.41) is 0.723. The predicted octanol–water partition coefficient (Wildman–Crippen LogP) is 4.98. The molecule has 0 N–H and O–H groups in total. The number of fused-ring (bicyclic) bond motifs is 1. The van der Waals surface area contributed by atoms with E-state index < -0.39 is 0 Å². The summed E-state index contributed by atoms with van der Waals surface area (Å²) in [4.78, 5) is 4.57. The second-order valence-corrected chi connectivity index (χ2v) is 5.83. The van der Waals surface area contributed by atoms with Gasteiger partial charge in [0.15, 0.2) is 0 Å². The molecule has 0 fully saturated rings. The first-order valence-electron chi connectivity index (χ1n) is 6.94. The number of aromatic nitrogens is 2. The van der Waals surface area contributed by atoms with Crippen molar-refractivity contribution in [2.75, 3.05) is 0 Å². The third-order valence-corrected chi connectivity index (χ3v) is 4.17. The SMILES string of the molecule is Cc1cccc(CCn2c(CCl)nc3cccc(Cl)c32)c1. The number of nitrogens with zero attached hydrogens (tertiary/aromatic N) is 2. The van der Waals surface area contributed by atoms with Gasteiger partial charge in [0.1, 0.15) is 5.82 Å². The molecule has 0 bridgehead atoms. The maximum absolute atomic E-state index is 6.34. The molecule has 0 radical (unpaired) electrons. The third-order valence-electron chi connectivity index (χ3n) is 3.62. The van der Waals surface area contributed by atoms with Crippen LogP contribution in [-0.4, -0.2) is 9.55 Å². The zero-order valence-corrected chi connectivity index (χ0v) is 13.3. The summed E-state index contributed by atoms with van der Waals surface area (Å²) in [5.74, 6) is 1.26. The Morgan fingerprint density at radius 1 is 1.14 bits per heavy atom. The summed E-state index contributed by atoms with van der Waals surface area (Å²) in [6, 6.07) is 14.3. The topological polar surface area (TPSA) is 17.8 Å². The number of hydrogen-bond acceptors (Lipinski definition) is 1. The summed E-state index contributed by atoms with van der Waals surface area (Å²) >= 11 is 12.4. The average Bonchev–Trinajstić information content (AvgIpc) is 2.84. The zero-order valence-electron chi connectivity index (χ0n) is 11.8. The first-order chi connectivity index (χ1) is 10.2. The Labute approximate surface area is 134 Å². The lowest BCUT2D eigenvalue weighted by atomic mass is 10.1. The van der Waals surface area contributed by atoms with E-state index in [1.807, 2.05) is 18.2 Å². The highest BCUT2D eigenvalue weighted by atomic mass is 35.5. The molecule has 0 atom stereocenters. The Kier molecular flexibility index (Phi) is 4.18. The number of imidazole rings is 1. The van der Waals surface area contributed by atoms with E-state index >= 15 is 0 Å². The molecule has 1 aromatic heterocycles. The van der Waals surface area contributed by atoms with E-state index in [2.05, 4.69) is 40.7 Å². The van der Waals surface area contributed by atoms with Crippen LogP contribution in [0.1, 0.15) is 17.0 Å². The Hall–Kier alpha value is -1.51. The first kappa shape index (κ1) is 14.4. The Morgan fingerprint density at radius 2 is 1.95 bits per heavy atom. The van der Waals surface area contributed by atoms with Gasteiger partial charge >= 0.3 is 0 Å². The lowest BCUT2D eigenvalue weighted by molar-refractivity contribution is 0.688. The van der Waals surface area contributed by atoms with Crippen molar-refractivity contribution in [3.05, 3.63) is 64.4 Å². The normalized spacial score (nSPS) is 11.2. The molecule has 108 valence electrons. The molecule has 0 aliphatic carbocycles. The van der Waals surface area contributed by atoms with Gasteiger partial charge in [0.2, 0.25) is 0 Å². The van der Waals surface area contributed by atoms with Crippen LogP contribution in [0.4, 0.5) is 0 Å². The summed E-state index contributed by atoms with van der Waals surface area (Å²) in [6.07, 6.45) is 0.933. The highest BCUT2D eigenvalue weighted by molar-refractivity contribution is 6.35. The van der Waals surface area contributed by atoms with Crippen LogP contribution in [0.5, 0.6) is 0 Å². The second-order valence-electron chi connectivity index (χ2n) is 5.16. The van der Waals surface area contributed by atoms with Crippen molar-refractivity contribution < 1.29 is 0 Å². The van der Waals surface area contributed by atoms with Crippen molar-refractivity contribution >= 4 is 34.2 Å². The van der Waals surface area contributed by atoms with Crippen LogP contribution in [0.2, 0.25) is 5.02 Å². The molecule has 3 rings (SSSR count). The van der Waals surface area contributed by atoms with Crippen LogP contribution in [0.3, 0.4) is 0 Å². The Balaban J connectivity index is 1.96. The lowest BCUT2D eigenvalue weighted by Gasteiger charge is -2.09. The maximum atomic E-state index is 6.34. The zero-order chi connectivity index (χ0) is 14.8. The molecule has 0 unspecified atom stereocenters. The van der Waals surface area contributed by atoms with Gasteiger partial charge in [0.05, 0.1) is 21.9 Å². The van der Waals surface area contributed by atoms with E-state index in [1.54, 1.807) is 0 Å². The molecular formula is C17H16Cl2N2.